The van der Waals surface area contributed by atoms with Crippen molar-refractivity contribution in [1.82, 2.24) is 0 Å². The van der Waals surface area contributed by atoms with Crippen LogP contribution in [0.25, 0.3) is 0 Å². The van der Waals surface area contributed by atoms with E-state index in [9.17, 15) is 0 Å². The molecule has 0 aliphatic rings. The molecule has 1 aromatic carbocycles. The Bertz CT molecular complexity index is 328. The van der Waals surface area contributed by atoms with Gasteiger partial charge < -0.3 is 10.5 Å². The zero-order chi connectivity index (χ0) is 11.4. The summed E-state index contributed by atoms with van der Waals surface area (Å²) in [5.41, 5.74) is 8.64. The number of methoxy groups -OCH3 is 1. The highest BCUT2D eigenvalue weighted by atomic mass is 35.5. The van der Waals surface area contributed by atoms with Crippen LogP contribution in [0.5, 0.6) is 5.75 Å². The van der Waals surface area contributed by atoms with Gasteiger partial charge >= 0.3 is 0 Å². The molecule has 92 valence electrons. The molecule has 2 atom stereocenters. The first kappa shape index (κ1) is 15.3. The Morgan fingerprint density at radius 1 is 1.38 bits per heavy atom. The fraction of sp³-hybridized carbons (Fsp3) is 0.538. The molecule has 2 N–H and O–H groups in total. The van der Waals surface area contributed by atoms with Gasteiger partial charge in [-0.05, 0) is 36.1 Å². The number of hydrogen-bond donors (Lipinski definition) is 1. The van der Waals surface area contributed by atoms with Crippen LogP contribution in [0.1, 0.15) is 37.4 Å². The van der Waals surface area contributed by atoms with E-state index in [1.54, 1.807) is 7.11 Å². The van der Waals surface area contributed by atoms with Crippen LogP contribution in [-0.4, -0.2) is 7.11 Å². The normalized spacial score (nSPS) is 13.8. The van der Waals surface area contributed by atoms with Crippen molar-refractivity contribution in [3.05, 3.63) is 29.3 Å². The van der Waals surface area contributed by atoms with E-state index in [1.807, 2.05) is 12.1 Å². The van der Waals surface area contributed by atoms with E-state index in [-0.39, 0.29) is 18.4 Å². The van der Waals surface area contributed by atoms with Crippen LogP contribution in [0.3, 0.4) is 0 Å². The van der Waals surface area contributed by atoms with E-state index < -0.39 is 0 Å². The fourth-order valence-electron chi connectivity index (χ4n) is 1.71. The van der Waals surface area contributed by atoms with Gasteiger partial charge in [-0.25, -0.2) is 0 Å². The Kier molecular flexibility index (Phi) is 6.46. The molecule has 0 bridgehead atoms. The van der Waals surface area contributed by atoms with Gasteiger partial charge in [0, 0.05) is 6.04 Å². The second-order valence-electron chi connectivity index (χ2n) is 4.13. The summed E-state index contributed by atoms with van der Waals surface area (Å²) < 4.78 is 5.18. The Morgan fingerprint density at radius 3 is 2.44 bits per heavy atom. The molecule has 1 rings (SSSR count). The molecular formula is C13H22ClNO. The van der Waals surface area contributed by atoms with Crippen molar-refractivity contribution in [3.63, 3.8) is 0 Å². The highest BCUT2D eigenvalue weighted by molar-refractivity contribution is 5.85. The lowest BCUT2D eigenvalue weighted by molar-refractivity contribution is 0.413. The topological polar surface area (TPSA) is 35.2 Å². The first-order valence-electron chi connectivity index (χ1n) is 5.50. The standard InChI is InChI=1S/C13H21NO.ClH/c1-5-9(2)13(14)12-7-6-11(15-4)8-10(12)3;/h6-9,13H,5,14H2,1-4H3;1H/t9?,13-;/m1./s1. The first-order chi connectivity index (χ1) is 7.10. The SMILES string of the molecule is CCC(C)[C@@H](N)c1ccc(OC)cc1C.Cl. The van der Waals surface area contributed by atoms with Gasteiger partial charge in [-0.15, -0.1) is 12.4 Å². The number of ether oxygens (including phenoxy) is 1. The maximum Gasteiger partial charge on any atom is 0.119 e. The van der Waals surface area contributed by atoms with Crippen molar-refractivity contribution < 1.29 is 4.74 Å². The highest BCUT2D eigenvalue weighted by Crippen LogP contribution is 2.27. The van der Waals surface area contributed by atoms with Crippen molar-refractivity contribution in [2.75, 3.05) is 7.11 Å². The first-order valence-corrected chi connectivity index (χ1v) is 5.50. The summed E-state index contributed by atoms with van der Waals surface area (Å²) in [6.07, 6.45) is 1.10. The Balaban J connectivity index is 0.00000225. The lowest BCUT2D eigenvalue weighted by atomic mass is 9.90. The van der Waals surface area contributed by atoms with Crippen LogP contribution in [0.2, 0.25) is 0 Å². The number of nitrogens with two attached hydrogens (primary N) is 1. The van der Waals surface area contributed by atoms with E-state index in [4.69, 9.17) is 10.5 Å². The predicted octanol–water partition coefficient (Wildman–Crippen LogP) is 3.47. The number of rotatable bonds is 4. The van der Waals surface area contributed by atoms with E-state index in [2.05, 4.69) is 26.8 Å². The third-order valence-electron chi connectivity index (χ3n) is 3.09. The smallest absolute Gasteiger partial charge is 0.119 e. The maximum atomic E-state index is 6.20. The quantitative estimate of drug-likeness (QED) is 0.879. The van der Waals surface area contributed by atoms with Gasteiger partial charge in [0.25, 0.3) is 0 Å². The Labute approximate surface area is 105 Å². The monoisotopic (exact) mass is 243 g/mol. The molecule has 0 aliphatic heterocycles. The van der Waals surface area contributed by atoms with Gasteiger partial charge in [-0.1, -0.05) is 26.3 Å². The van der Waals surface area contributed by atoms with Gasteiger partial charge in [-0.2, -0.15) is 0 Å². The zero-order valence-electron chi connectivity index (χ0n) is 10.5. The van der Waals surface area contributed by atoms with Crippen molar-refractivity contribution in [2.24, 2.45) is 11.7 Å². The minimum atomic E-state index is 0. The average molecular weight is 244 g/mol. The molecular weight excluding hydrogens is 222 g/mol. The maximum absolute atomic E-state index is 6.20. The van der Waals surface area contributed by atoms with E-state index in [1.165, 1.54) is 11.1 Å². The lowest BCUT2D eigenvalue weighted by Crippen LogP contribution is -2.19. The van der Waals surface area contributed by atoms with Crippen LogP contribution in [0, 0.1) is 12.8 Å². The van der Waals surface area contributed by atoms with Crippen LogP contribution in [0.4, 0.5) is 0 Å². The fourth-order valence-corrected chi connectivity index (χ4v) is 1.71. The summed E-state index contributed by atoms with van der Waals surface area (Å²) in [6, 6.07) is 6.22. The van der Waals surface area contributed by atoms with Crippen molar-refractivity contribution in [3.8, 4) is 5.75 Å². The molecule has 0 aliphatic carbocycles. The molecule has 16 heavy (non-hydrogen) atoms. The molecule has 2 nitrogen and oxygen atoms in total. The molecule has 0 amide bonds. The van der Waals surface area contributed by atoms with E-state index >= 15 is 0 Å². The Hall–Kier alpha value is -0.730. The molecule has 0 radical (unpaired) electrons. The largest absolute Gasteiger partial charge is 0.497 e. The molecule has 0 fully saturated rings. The van der Waals surface area contributed by atoms with Crippen LogP contribution in [-0.2, 0) is 0 Å². The molecule has 3 heteroatoms. The molecule has 0 saturated carbocycles. The lowest BCUT2D eigenvalue weighted by Gasteiger charge is -2.21. The van der Waals surface area contributed by atoms with Gasteiger partial charge in [0.2, 0.25) is 0 Å². The Morgan fingerprint density at radius 2 is 2.00 bits per heavy atom. The second-order valence-corrected chi connectivity index (χ2v) is 4.13. The van der Waals surface area contributed by atoms with Gasteiger partial charge in [0.1, 0.15) is 5.75 Å². The molecule has 1 aromatic rings. The van der Waals surface area contributed by atoms with Crippen LogP contribution >= 0.6 is 12.4 Å². The average Bonchev–Trinajstić information content (AvgIpc) is 2.26. The minimum Gasteiger partial charge on any atom is -0.497 e. The number of halogens is 1. The van der Waals surface area contributed by atoms with Crippen LogP contribution in [0.15, 0.2) is 18.2 Å². The van der Waals surface area contributed by atoms with Crippen molar-refractivity contribution in [1.29, 1.82) is 0 Å². The van der Waals surface area contributed by atoms with Gasteiger partial charge in [0.05, 0.1) is 7.11 Å². The number of hydrogen-bond acceptors (Lipinski definition) is 2. The highest BCUT2D eigenvalue weighted by Gasteiger charge is 2.15. The number of benzene rings is 1. The summed E-state index contributed by atoms with van der Waals surface area (Å²) in [5.74, 6) is 1.41. The molecule has 0 saturated heterocycles. The third kappa shape index (κ3) is 3.39. The molecule has 0 heterocycles. The summed E-state index contributed by atoms with van der Waals surface area (Å²) in [6.45, 7) is 6.44. The van der Waals surface area contributed by atoms with Gasteiger partial charge in [0.15, 0.2) is 0 Å². The molecule has 1 unspecified atom stereocenters. The van der Waals surface area contributed by atoms with Crippen molar-refractivity contribution in [2.45, 2.75) is 33.2 Å². The zero-order valence-corrected chi connectivity index (χ0v) is 11.3. The van der Waals surface area contributed by atoms with Crippen molar-refractivity contribution >= 4 is 12.4 Å². The number of aryl methyl sites for hydroxylation is 1. The van der Waals surface area contributed by atoms with Gasteiger partial charge in [-0.3, -0.25) is 0 Å². The third-order valence-corrected chi connectivity index (χ3v) is 3.09. The van der Waals surface area contributed by atoms with E-state index in [0.29, 0.717) is 5.92 Å². The van der Waals surface area contributed by atoms with E-state index in [0.717, 1.165) is 12.2 Å². The summed E-state index contributed by atoms with van der Waals surface area (Å²) >= 11 is 0. The van der Waals surface area contributed by atoms with Crippen LogP contribution < -0.4 is 10.5 Å². The predicted molar refractivity (Wildman–Crippen MR) is 71.4 cm³/mol. The molecule has 0 aromatic heterocycles. The minimum absolute atomic E-state index is 0. The summed E-state index contributed by atoms with van der Waals surface area (Å²) in [7, 11) is 1.68. The summed E-state index contributed by atoms with van der Waals surface area (Å²) in [5, 5.41) is 0. The molecule has 0 spiro atoms. The summed E-state index contributed by atoms with van der Waals surface area (Å²) in [4.78, 5) is 0. The second kappa shape index (κ2) is 6.77.